The first-order valence-electron chi connectivity index (χ1n) is 6.31. The average molecular weight is 295 g/mol. The van der Waals surface area contributed by atoms with Gasteiger partial charge in [0, 0.05) is 12.1 Å². The van der Waals surface area contributed by atoms with E-state index in [1.165, 1.54) is 6.08 Å². The highest BCUT2D eigenvalue weighted by Crippen LogP contribution is 2.14. The fourth-order valence-electron chi connectivity index (χ4n) is 2.08. The second-order valence-corrected chi connectivity index (χ2v) is 6.95. The van der Waals surface area contributed by atoms with E-state index in [2.05, 4.69) is 5.32 Å². The maximum atomic E-state index is 11.7. The van der Waals surface area contributed by atoms with Gasteiger partial charge in [0.05, 0.1) is 18.6 Å². The minimum absolute atomic E-state index is 0.0335. The summed E-state index contributed by atoms with van der Waals surface area (Å²) in [6.45, 7) is 0. The third-order valence-electron chi connectivity index (χ3n) is 3.10. The number of amides is 1. The Balaban J connectivity index is 1.92. The zero-order chi connectivity index (χ0) is 14.6. The second kappa shape index (κ2) is 6.09. The molecular formula is C14H17NO4S. The Kier molecular flexibility index (Phi) is 4.44. The van der Waals surface area contributed by atoms with E-state index in [9.17, 15) is 13.2 Å². The minimum Gasteiger partial charge on any atom is -0.497 e. The molecule has 1 aromatic carbocycles. The molecule has 1 N–H and O–H groups in total. The van der Waals surface area contributed by atoms with Gasteiger partial charge in [-0.3, -0.25) is 4.79 Å². The molecule has 0 unspecified atom stereocenters. The van der Waals surface area contributed by atoms with Crippen LogP contribution in [-0.2, 0) is 14.6 Å². The molecule has 0 spiro atoms. The number of ether oxygens (including phenoxy) is 1. The van der Waals surface area contributed by atoms with Crippen LogP contribution < -0.4 is 10.1 Å². The number of rotatable bonds is 4. The maximum Gasteiger partial charge on any atom is 0.244 e. The molecule has 1 heterocycles. The van der Waals surface area contributed by atoms with Crippen molar-refractivity contribution in [3.8, 4) is 5.75 Å². The van der Waals surface area contributed by atoms with Gasteiger partial charge in [-0.25, -0.2) is 8.42 Å². The van der Waals surface area contributed by atoms with E-state index in [-0.39, 0.29) is 23.5 Å². The monoisotopic (exact) mass is 295 g/mol. The van der Waals surface area contributed by atoms with E-state index in [4.69, 9.17) is 4.74 Å². The Morgan fingerprint density at radius 2 is 2.25 bits per heavy atom. The first-order valence-corrected chi connectivity index (χ1v) is 8.14. The van der Waals surface area contributed by atoms with Gasteiger partial charge in [0.15, 0.2) is 9.84 Å². The zero-order valence-corrected chi connectivity index (χ0v) is 12.0. The zero-order valence-electron chi connectivity index (χ0n) is 11.2. The number of carbonyl (C=O) groups is 1. The summed E-state index contributed by atoms with van der Waals surface area (Å²) in [5.41, 5.74) is 0.846. The summed E-state index contributed by atoms with van der Waals surface area (Å²) in [7, 11) is -1.39. The summed E-state index contributed by atoms with van der Waals surface area (Å²) in [5, 5.41) is 2.70. The Morgan fingerprint density at radius 1 is 1.45 bits per heavy atom. The lowest BCUT2D eigenvalue weighted by atomic mass is 10.2. The van der Waals surface area contributed by atoms with E-state index < -0.39 is 9.84 Å². The third-order valence-corrected chi connectivity index (χ3v) is 4.87. The molecule has 2 rings (SSSR count). The van der Waals surface area contributed by atoms with Crippen LogP contribution in [0.1, 0.15) is 12.0 Å². The predicted molar refractivity (Wildman–Crippen MR) is 77.2 cm³/mol. The number of nitrogens with one attached hydrogen (secondary N) is 1. The first-order chi connectivity index (χ1) is 9.48. The van der Waals surface area contributed by atoms with Crippen LogP contribution in [0.3, 0.4) is 0 Å². The smallest absolute Gasteiger partial charge is 0.244 e. The number of methoxy groups -OCH3 is 1. The number of carbonyl (C=O) groups excluding carboxylic acids is 1. The molecule has 20 heavy (non-hydrogen) atoms. The lowest BCUT2D eigenvalue weighted by Crippen LogP contribution is -2.34. The van der Waals surface area contributed by atoms with Crippen LogP contribution in [0, 0.1) is 0 Å². The summed E-state index contributed by atoms with van der Waals surface area (Å²) < 4.78 is 27.7. The quantitative estimate of drug-likeness (QED) is 0.842. The van der Waals surface area contributed by atoms with Crippen molar-refractivity contribution in [3.63, 3.8) is 0 Å². The average Bonchev–Trinajstić information content (AvgIpc) is 2.76. The van der Waals surface area contributed by atoms with E-state index >= 15 is 0 Å². The molecule has 1 aromatic rings. The lowest BCUT2D eigenvalue weighted by Gasteiger charge is -2.07. The van der Waals surface area contributed by atoms with Crippen LogP contribution in [-0.4, -0.2) is 39.0 Å². The first kappa shape index (κ1) is 14.6. The molecule has 6 heteroatoms. The molecule has 0 bridgehead atoms. The van der Waals surface area contributed by atoms with Gasteiger partial charge in [-0.15, -0.1) is 0 Å². The van der Waals surface area contributed by atoms with Crippen LogP contribution >= 0.6 is 0 Å². The Bertz CT molecular complexity index is 622. The molecule has 0 saturated carbocycles. The van der Waals surface area contributed by atoms with Crippen LogP contribution in [0.4, 0.5) is 0 Å². The van der Waals surface area contributed by atoms with Crippen LogP contribution in [0.25, 0.3) is 6.08 Å². The van der Waals surface area contributed by atoms with E-state index in [0.717, 1.165) is 11.3 Å². The van der Waals surface area contributed by atoms with Crippen molar-refractivity contribution in [2.75, 3.05) is 18.6 Å². The summed E-state index contributed by atoms with van der Waals surface area (Å²) in [6.07, 6.45) is 3.56. The molecule has 1 aliphatic rings. The van der Waals surface area contributed by atoms with Crippen LogP contribution in [0.2, 0.25) is 0 Å². The SMILES string of the molecule is COc1cccc(/C=C/C(=O)N[C@H]2CCS(=O)(=O)C2)c1. The van der Waals surface area contributed by atoms with Crippen LogP contribution in [0.15, 0.2) is 30.3 Å². The third kappa shape index (κ3) is 4.09. The van der Waals surface area contributed by atoms with Gasteiger partial charge < -0.3 is 10.1 Å². The fraction of sp³-hybridized carbons (Fsp3) is 0.357. The largest absolute Gasteiger partial charge is 0.497 e. The van der Waals surface area contributed by atoms with Crippen molar-refractivity contribution in [1.29, 1.82) is 0 Å². The molecule has 1 aliphatic heterocycles. The molecule has 5 nitrogen and oxygen atoms in total. The summed E-state index contributed by atoms with van der Waals surface area (Å²) in [6, 6.07) is 7.04. The van der Waals surface area contributed by atoms with Gasteiger partial charge in [-0.1, -0.05) is 12.1 Å². The van der Waals surface area contributed by atoms with Gasteiger partial charge in [-0.05, 0) is 30.2 Å². The Morgan fingerprint density at radius 3 is 2.90 bits per heavy atom. The van der Waals surface area contributed by atoms with E-state index in [1.54, 1.807) is 13.2 Å². The topological polar surface area (TPSA) is 72.5 Å². The Labute approximate surface area is 118 Å². The fourth-order valence-corrected chi connectivity index (χ4v) is 3.75. The molecule has 1 saturated heterocycles. The highest BCUT2D eigenvalue weighted by Gasteiger charge is 2.28. The summed E-state index contributed by atoms with van der Waals surface area (Å²) in [5.74, 6) is 0.618. The molecule has 0 aromatic heterocycles. The predicted octanol–water partition coefficient (Wildman–Crippen LogP) is 1.01. The van der Waals surface area contributed by atoms with Gasteiger partial charge in [0.2, 0.25) is 5.91 Å². The normalized spacial score (nSPS) is 20.9. The van der Waals surface area contributed by atoms with Crippen molar-refractivity contribution in [3.05, 3.63) is 35.9 Å². The summed E-state index contributed by atoms with van der Waals surface area (Å²) >= 11 is 0. The van der Waals surface area contributed by atoms with Crippen molar-refractivity contribution < 1.29 is 17.9 Å². The maximum absolute atomic E-state index is 11.7. The molecule has 1 fully saturated rings. The molecule has 1 amide bonds. The van der Waals surface area contributed by atoms with E-state index in [1.807, 2.05) is 24.3 Å². The molecule has 108 valence electrons. The number of hydrogen-bond donors (Lipinski definition) is 1. The molecule has 0 radical (unpaired) electrons. The van der Waals surface area contributed by atoms with Crippen molar-refractivity contribution in [2.24, 2.45) is 0 Å². The minimum atomic E-state index is -2.97. The van der Waals surface area contributed by atoms with Crippen molar-refractivity contribution in [2.45, 2.75) is 12.5 Å². The van der Waals surface area contributed by atoms with Gasteiger partial charge in [0.1, 0.15) is 5.75 Å². The van der Waals surface area contributed by atoms with Gasteiger partial charge >= 0.3 is 0 Å². The Hall–Kier alpha value is -1.82. The lowest BCUT2D eigenvalue weighted by molar-refractivity contribution is -0.116. The van der Waals surface area contributed by atoms with Crippen LogP contribution in [0.5, 0.6) is 5.75 Å². The molecule has 1 atom stereocenters. The summed E-state index contributed by atoms with van der Waals surface area (Å²) in [4.78, 5) is 11.7. The molecular weight excluding hydrogens is 278 g/mol. The van der Waals surface area contributed by atoms with Gasteiger partial charge in [-0.2, -0.15) is 0 Å². The van der Waals surface area contributed by atoms with Crippen molar-refractivity contribution >= 4 is 21.8 Å². The standard InChI is InChI=1S/C14H17NO4S/c1-19-13-4-2-3-11(9-13)5-6-14(16)15-12-7-8-20(17,18)10-12/h2-6,9,12H,7-8,10H2,1H3,(H,15,16)/b6-5+/t12-/m0/s1. The second-order valence-electron chi connectivity index (χ2n) is 4.72. The van der Waals surface area contributed by atoms with Gasteiger partial charge in [0.25, 0.3) is 0 Å². The van der Waals surface area contributed by atoms with E-state index in [0.29, 0.717) is 6.42 Å². The number of sulfone groups is 1. The highest BCUT2D eigenvalue weighted by atomic mass is 32.2. The molecule has 0 aliphatic carbocycles. The van der Waals surface area contributed by atoms with Crippen molar-refractivity contribution in [1.82, 2.24) is 5.32 Å². The highest BCUT2D eigenvalue weighted by molar-refractivity contribution is 7.91. The number of hydrogen-bond acceptors (Lipinski definition) is 4. The number of benzene rings is 1.